The Bertz CT molecular complexity index is 1220. The van der Waals surface area contributed by atoms with E-state index in [2.05, 4.69) is 20.1 Å². The number of esters is 1. The van der Waals surface area contributed by atoms with Crippen LogP contribution in [-0.2, 0) is 15.1 Å². The number of thioether (sulfide) groups is 1. The fourth-order valence-electron chi connectivity index (χ4n) is 3.51. The van der Waals surface area contributed by atoms with Crippen molar-refractivity contribution < 1.29 is 14.3 Å². The lowest BCUT2D eigenvalue weighted by atomic mass is 10.1. The summed E-state index contributed by atoms with van der Waals surface area (Å²) < 4.78 is 8.02. The van der Waals surface area contributed by atoms with Gasteiger partial charge in [-0.3, -0.25) is 14.2 Å². The van der Waals surface area contributed by atoms with Gasteiger partial charge in [0, 0.05) is 17.9 Å². The second-order valence-corrected chi connectivity index (χ2v) is 9.31. The summed E-state index contributed by atoms with van der Waals surface area (Å²) >= 11 is 1.46. The molecule has 1 amide bonds. The summed E-state index contributed by atoms with van der Waals surface area (Å²) in [5.41, 5.74) is 1.05. The molecule has 0 saturated heterocycles. The average molecular weight is 442 g/mol. The first-order valence-electron chi connectivity index (χ1n) is 9.81. The second-order valence-electron chi connectivity index (χ2n) is 8.32. The van der Waals surface area contributed by atoms with Crippen molar-refractivity contribution in [3.63, 3.8) is 0 Å². The second kappa shape index (κ2) is 7.84. The van der Waals surface area contributed by atoms with Crippen molar-refractivity contribution >= 4 is 40.4 Å². The van der Waals surface area contributed by atoms with E-state index in [-0.39, 0.29) is 29.5 Å². The zero-order valence-electron chi connectivity index (χ0n) is 17.7. The molecule has 31 heavy (non-hydrogen) atoms. The van der Waals surface area contributed by atoms with Crippen LogP contribution in [0.4, 0.5) is 5.69 Å². The van der Waals surface area contributed by atoms with Crippen molar-refractivity contribution in [2.24, 2.45) is 0 Å². The molecule has 0 radical (unpaired) electrons. The largest absolute Gasteiger partial charge is 0.465 e. The number of hydrogen-bond donors (Lipinski definition) is 1. The zero-order chi connectivity index (χ0) is 22.3. The molecular weight excluding hydrogens is 418 g/mol. The third-order valence-electron chi connectivity index (χ3n) is 5.02. The SMILES string of the molecule is COC(=O)c1ccc(NC(=O)CC2CSc3nc4c(cnn4C(C)(C)C)c(=O)n32)cc1. The number of ether oxygens (including phenoxy) is 1. The number of benzene rings is 1. The highest BCUT2D eigenvalue weighted by atomic mass is 32.2. The van der Waals surface area contributed by atoms with Gasteiger partial charge in [0.1, 0.15) is 5.39 Å². The molecule has 3 aromatic rings. The van der Waals surface area contributed by atoms with Gasteiger partial charge in [-0.25, -0.2) is 14.5 Å². The minimum Gasteiger partial charge on any atom is -0.465 e. The van der Waals surface area contributed by atoms with Crippen LogP contribution < -0.4 is 10.9 Å². The highest BCUT2D eigenvalue weighted by molar-refractivity contribution is 7.99. The molecule has 1 aromatic carbocycles. The summed E-state index contributed by atoms with van der Waals surface area (Å²) in [6.45, 7) is 6.01. The quantitative estimate of drug-likeness (QED) is 0.490. The van der Waals surface area contributed by atoms with Gasteiger partial charge >= 0.3 is 5.97 Å². The fourth-order valence-corrected chi connectivity index (χ4v) is 4.64. The first kappa shape index (κ1) is 21.1. The number of fused-ring (bicyclic) bond motifs is 2. The molecule has 4 rings (SSSR count). The van der Waals surface area contributed by atoms with Crippen molar-refractivity contribution in [1.29, 1.82) is 0 Å². The number of rotatable bonds is 4. The molecule has 162 valence electrons. The van der Waals surface area contributed by atoms with E-state index in [0.717, 1.165) is 0 Å². The number of carbonyl (C=O) groups is 2. The molecule has 1 aliphatic heterocycles. The highest BCUT2D eigenvalue weighted by Crippen LogP contribution is 2.34. The molecule has 1 aliphatic rings. The molecule has 0 fully saturated rings. The van der Waals surface area contributed by atoms with Crippen LogP contribution >= 0.6 is 11.8 Å². The topological polar surface area (TPSA) is 108 Å². The average Bonchev–Trinajstić information content (AvgIpc) is 3.33. The van der Waals surface area contributed by atoms with Crippen LogP contribution in [-0.4, -0.2) is 44.1 Å². The van der Waals surface area contributed by atoms with Crippen LogP contribution in [0.5, 0.6) is 0 Å². The lowest BCUT2D eigenvalue weighted by Crippen LogP contribution is -2.29. The van der Waals surface area contributed by atoms with E-state index in [1.54, 1.807) is 39.7 Å². The third-order valence-corrected chi connectivity index (χ3v) is 6.11. The van der Waals surface area contributed by atoms with E-state index in [9.17, 15) is 14.4 Å². The van der Waals surface area contributed by atoms with Crippen LogP contribution in [0.15, 0.2) is 40.4 Å². The van der Waals surface area contributed by atoms with E-state index in [1.807, 2.05) is 20.8 Å². The van der Waals surface area contributed by atoms with Gasteiger partial charge in [0.05, 0.1) is 30.5 Å². The molecule has 1 unspecified atom stereocenters. The number of anilines is 1. The fraction of sp³-hybridized carbons (Fsp3) is 0.381. The van der Waals surface area contributed by atoms with E-state index in [1.165, 1.54) is 18.9 Å². The normalized spacial score (nSPS) is 15.7. The van der Waals surface area contributed by atoms with Crippen molar-refractivity contribution in [3.05, 3.63) is 46.4 Å². The van der Waals surface area contributed by atoms with Crippen LogP contribution in [0.2, 0.25) is 0 Å². The zero-order valence-corrected chi connectivity index (χ0v) is 18.5. The summed E-state index contributed by atoms with van der Waals surface area (Å²) in [6.07, 6.45) is 1.69. The predicted octanol–water partition coefficient (Wildman–Crippen LogP) is 2.81. The van der Waals surface area contributed by atoms with Gasteiger partial charge in [-0.1, -0.05) is 11.8 Å². The number of amides is 1. The molecule has 2 aromatic heterocycles. The summed E-state index contributed by atoms with van der Waals surface area (Å²) in [7, 11) is 1.31. The Kier molecular flexibility index (Phi) is 5.34. The minimum absolute atomic E-state index is 0.138. The van der Waals surface area contributed by atoms with E-state index in [4.69, 9.17) is 0 Å². The van der Waals surface area contributed by atoms with Crippen LogP contribution in [0.25, 0.3) is 11.0 Å². The van der Waals surface area contributed by atoms with E-state index >= 15 is 0 Å². The van der Waals surface area contributed by atoms with Gasteiger partial charge in [0.15, 0.2) is 10.8 Å². The van der Waals surface area contributed by atoms with Crippen molar-refractivity contribution in [2.75, 3.05) is 18.2 Å². The molecule has 9 nitrogen and oxygen atoms in total. The number of methoxy groups -OCH3 is 1. The van der Waals surface area contributed by atoms with Crippen LogP contribution in [0.1, 0.15) is 43.6 Å². The van der Waals surface area contributed by atoms with Gasteiger partial charge in [0.2, 0.25) is 5.91 Å². The summed E-state index contributed by atoms with van der Waals surface area (Å²) in [4.78, 5) is 41.9. The molecule has 0 bridgehead atoms. The Morgan fingerprint density at radius 1 is 1.26 bits per heavy atom. The smallest absolute Gasteiger partial charge is 0.337 e. The standard InChI is InChI=1S/C21H23N5O4S/c1-21(2,3)26-17-15(10-22-26)18(28)25-14(11-31-20(25)24-17)9-16(27)23-13-7-5-12(6-8-13)19(29)30-4/h5-8,10,14H,9,11H2,1-4H3,(H,23,27). The molecule has 1 atom stereocenters. The maximum absolute atomic E-state index is 13.1. The van der Waals surface area contributed by atoms with Crippen molar-refractivity contribution in [2.45, 2.75) is 43.9 Å². The summed E-state index contributed by atoms with van der Waals surface area (Å²) in [6, 6.07) is 6.15. The number of nitrogens with zero attached hydrogens (tertiary/aromatic N) is 4. The maximum atomic E-state index is 13.1. The Balaban J connectivity index is 1.54. The lowest BCUT2D eigenvalue weighted by Gasteiger charge is -2.20. The Morgan fingerprint density at radius 2 is 1.97 bits per heavy atom. The molecule has 0 spiro atoms. The highest BCUT2D eigenvalue weighted by Gasteiger charge is 2.30. The maximum Gasteiger partial charge on any atom is 0.337 e. The molecule has 1 N–H and O–H groups in total. The molecular formula is C21H23N5O4S. The monoisotopic (exact) mass is 441 g/mol. The minimum atomic E-state index is -0.439. The summed E-state index contributed by atoms with van der Waals surface area (Å²) in [5.74, 6) is -0.0703. The van der Waals surface area contributed by atoms with Gasteiger partial charge in [0.25, 0.3) is 5.56 Å². The lowest BCUT2D eigenvalue weighted by molar-refractivity contribution is -0.116. The summed E-state index contributed by atoms with van der Waals surface area (Å²) in [5, 5.41) is 8.22. The molecule has 0 aliphatic carbocycles. The Hall–Kier alpha value is -3.14. The number of nitrogens with one attached hydrogen (secondary N) is 1. The molecule has 3 heterocycles. The van der Waals surface area contributed by atoms with Gasteiger partial charge in [-0.2, -0.15) is 5.10 Å². The van der Waals surface area contributed by atoms with Crippen molar-refractivity contribution in [3.8, 4) is 0 Å². The number of carbonyl (C=O) groups excluding carboxylic acids is 2. The first-order chi connectivity index (χ1) is 14.7. The van der Waals surface area contributed by atoms with Crippen LogP contribution in [0, 0.1) is 0 Å². The Labute approximate surface area is 182 Å². The van der Waals surface area contributed by atoms with Crippen LogP contribution in [0.3, 0.4) is 0 Å². The molecule has 10 heteroatoms. The predicted molar refractivity (Wildman–Crippen MR) is 118 cm³/mol. The van der Waals surface area contributed by atoms with Gasteiger partial charge in [-0.05, 0) is 45.0 Å². The third kappa shape index (κ3) is 3.95. The van der Waals surface area contributed by atoms with Crippen molar-refractivity contribution in [1.82, 2.24) is 19.3 Å². The Morgan fingerprint density at radius 3 is 2.61 bits per heavy atom. The van der Waals surface area contributed by atoms with E-state index in [0.29, 0.717) is 33.2 Å². The van der Waals surface area contributed by atoms with Gasteiger partial charge < -0.3 is 10.1 Å². The molecule has 0 saturated carbocycles. The van der Waals surface area contributed by atoms with E-state index < -0.39 is 5.97 Å². The first-order valence-corrected chi connectivity index (χ1v) is 10.8. The number of aromatic nitrogens is 4. The number of hydrogen-bond acceptors (Lipinski definition) is 7. The van der Waals surface area contributed by atoms with Gasteiger partial charge in [-0.15, -0.1) is 0 Å².